The highest BCUT2D eigenvalue weighted by Crippen LogP contribution is 2.48. The zero-order chi connectivity index (χ0) is 14.6. The average molecular weight is 277 g/mol. The van der Waals surface area contributed by atoms with Gasteiger partial charge >= 0.3 is 0 Å². The maximum atomic E-state index is 12.2. The fourth-order valence-corrected chi connectivity index (χ4v) is 4.33. The number of carbonyl (C=O) groups excluding carboxylic acids is 1. The van der Waals surface area contributed by atoms with E-state index in [1.165, 1.54) is 22.3 Å². The van der Waals surface area contributed by atoms with Crippen molar-refractivity contribution in [1.29, 1.82) is 0 Å². The molecule has 2 heteroatoms. The summed E-state index contributed by atoms with van der Waals surface area (Å²) in [6, 6.07) is 17.7. The number of hydrogen-bond acceptors (Lipinski definition) is 1. The zero-order valence-corrected chi connectivity index (χ0v) is 12.4. The topological polar surface area (TPSA) is 20.3 Å². The first-order chi connectivity index (χ1) is 10.2. The van der Waals surface area contributed by atoms with Crippen molar-refractivity contribution in [2.45, 2.75) is 38.3 Å². The predicted molar refractivity (Wildman–Crippen MR) is 83.2 cm³/mol. The van der Waals surface area contributed by atoms with Crippen LogP contribution in [0.5, 0.6) is 0 Å². The van der Waals surface area contributed by atoms with Crippen LogP contribution in [0.15, 0.2) is 48.5 Å². The summed E-state index contributed by atoms with van der Waals surface area (Å²) in [5.74, 6) is 0.472. The van der Waals surface area contributed by atoms with Gasteiger partial charge in [0.05, 0.1) is 6.04 Å². The van der Waals surface area contributed by atoms with E-state index in [-0.39, 0.29) is 18.0 Å². The molecule has 2 aromatic carbocycles. The summed E-state index contributed by atoms with van der Waals surface area (Å²) in [6.07, 6.45) is 0.924. The van der Waals surface area contributed by atoms with Crippen LogP contribution in [-0.2, 0) is 11.2 Å². The van der Waals surface area contributed by atoms with Crippen LogP contribution in [0.4, 0.5) is 0 Å². The summed E-state index contributed by atoms with van der Waals surface area (Å²) >= 11 is 0. The van der Waals surface area contributed by atoms with Gasteiger partial charge in [-0.15, -0.1) is 0 Å². The Morgan fingerprint density at radius 3 is 2.33 bits per heavy atom. The molecule has 0 aromatic heterocycles. The Labute approximate surface area is 125 Å². The largest absolute Gasteiger partial charge is 0.332 e. The van der Waals surface area contributed by atoms with Crippen LogP contribution in [0.3, 0.4) is 0 Å². The van der Waals surface area contributed by atoms with E-state index < -0.39 is 0 Å². The summed E-state index contributed by atoms with van der Waals surface area (Å²) < 4.78 is 0. The smallest absolute Gasteiger partial charge is 0.220 e. The normalized spacial score (nSPS) is 26.0. The van der Waals surface area contributed by atoms with E-state index in [2.05, 4.69) is 60.4 Å². The minimum atomic E-state index is 0.175. The van der Waals surface area contributed by atoms with E-state index in [1.807, 2.05) is 0 Å². The number of carbonyl (C=O) groups is 1. The van der Waals surface area contributed by atoms with Gasteiger partial charge in [-0.05, 0) is 35.6 Å². The van der Waals surface area contributed by atoms with Gasteiger partial charge in [0.1, 0.15) is 0 Å². The monoisotopic (exact) mass is 277 g/mol. The number of rotatable bonds is 0. The first-order valence-corrected chi connectivity index (χ1v) is 7.64. The van der Waals surface area contributed by atoms with Gasteiger partial charge < -0.3 is 4.90 Å². The Bertz CT molecular complexity index is 721. The Balaban J connectivity index is 2.02. The van der Waals surface area contributed by atoms with Gasteiger partial charge in [-0.1, -0.05) is 48.5 Å². The first kappa shape index (κ1) is 12.6. The molecule has 2 nitrogen and oxygen atoms in total. The molecule has 0 radical (unpaired) electrons. The summed E-state index contributed by atoms with van der Waals surface area (Å²) in [6.45, 7) is 3.89. The minimum Gasteiger partial charge on any atom is -0.332 e. The van der Waals surface area contributed by atoms with Crippen molar-refractivity contribution in [3.05, 3.63) is 70.8 Å². The maximum Gasteiger partial charge on any atom is 0.220 e. The molecule has 0 fully saturated rings. The van der Waals surface area contributed by atoms with Gasteiger partial charge in [0, 0.05) is 18.9 Å². The Kier molecular flexibility index (Phi) is 2.68. The van der Waals surface area contributed by atoms with Gasteiger partial charge in [-0.25, -0.2) is 0 Å². The van der Waals surface area contributed by atoms with Gasteiger partial charge in [-0.2, -0.15) is 0 Å². The van der Waals surface area contributed by atoms with E-state index in [1.54, 1.807) is 6.92 Å². The maximum absolute atomic E-state index is 12.2. The molecular weight excluding hydrogens is 258 g/mol. The molecule has 2 heterocycles. The van der Waals surface area contributed by atoms with Crippen LogP contribution in [0.25, 0.3) is 0 Å². The van der Waals surface area contributed by atoms with E-state index >= 15 is 0 Å². The molecule has 1 amide bonds. The second-order valence-electron chi connectivity index (χ2n) is 6.19. The SMILES string of the molecule is CC(=O)N1[C@H](C)[C@H]2c3ccccc3C[C@H]1c1ccccc12. The van der Waals surface area contributed by atoms with Crippen LogP contribution in [-0.4, -0.2) is 16.8 Å². The van der Waals surface area contributed by atoms with Gasteiger partial charge in [0.2, 0.25) is 5.91 Å². The standard InChI is InChI=1S/C19H19NO/c1-12-19-15-8-4-3-7-14(15)11-18(20(12)13(2)21)16-9-5-6-10-17(16)19/h3-10,12,18-19H,11H2,1-2H3/t12-,18+,19+/m1/s1. The van der Waals surface area contributed by atoms with Crippen LogP contribution in [0.1, 0.15) is 48.1 Å². The highest BCUT2D eigenvalue weighted by atomic mass is 16.2. The fourth-order valence-electron chi connectivity index (χ4n) is 4.33. The minimum absolute atomic E-state index is 0.175. The lowest BCUT2D eigenvalue weighted by molar-refractivity contribution is -0.134. The van der Waals surface area contributed by atoms with Crippen molar-refractivity contribution < 1.29 is 4.79 Å². The molecule has 1 aliphatic carbocycles. The van der Waals surface area contributed by atoms with Crippen molar-refractivity contribution in [2.75, 3.05) is 0 Å². The molecule has 0 unspecified atom stereocenters. The van der Waals surface area contributed by atoms with Gasteiger partial charge in [0.25, 0.3) is 0 Å². The van der Waals surface area contributed by atoms with E-state index in [0.717, 1.165) is 6.42 Å². The first-order valence-electron chi connectivity index (χ1n) is 7.64. The van der Waals surface area contributed by atoms with Crippen molar-refractivity contribution >= 4 is 5.91 Å². The quantitative estimate of drug-likeness (QED) is 0.719. The van der Waals surface area contributed by atoms with Gasteiger partial charge in [-0.3, -0.25) is 4.79 Å². The third-order valence-electron chi connectivity index (χ3n) is 5.11. The summed E-state index contributed by atoms with van der Waals surface area (Å²) in [7, 11) is 0. The molecule has 3 aliphatic rings. The number of benzene rings is 2. The lowest BCUT2D eigenvalue weighted by atomic mass is 9.79. The summed E-state index contributed by atoms with van der Waals surface area (Å²) in [4.78, 5) is 14.3. The summed E-state index contributed by atoms with van der Waals surface area (Å²) in [5.41, 5.74) is 5.51. The highest BCUT2D eigenvalue weighted by molar-refractivity contribution is 5.76. The predicted octanol–water partition coefficient (Wildman–Crippen LogP) is 3.67. The molecule has 0 N–H and O–H groups in total. The molecule has 0 spiro atoms. The van der Waals surface area contributed by atoms with E-state index in [4.69, 9.17) is 0 Å². The molecular formula is C19H19NO. The van der Waals surface area contributed by atoms with E-state index in [0.29, 0.717) is 5.92 Å². The van der Waals surface area contributed by atoms with Crippen LogP contribution in [0.2, 0.25) is 0 Å². The number of nitrogens with zero attached hydrogens (tertiary/aromatic N) is 1. The second kappa shape index (κ2) is 4.45. The lowest BCUT2D eigenvalue weighted by Crippen LogP contribution is -2.46. The third kappa shape index (κ3) is 1.68. The second-order valence-corrected chi connectivity index (χ2v) is 6.19. The van der Waals surface area contributed by atoms with Crippen molar-refractivity contribution in [1.82, 2.24) is 4.90 Å². The number of fused-ring (bicyclic) bond motifs is 1. The molecule has 3 atom stereocenters. The lowest BCUT2D eigenvalue weighted by Gasteiger charge is -2.43. The Morgan fingerprint density at radius 2 is 1.62 bits per heavy atom. The van der Waals surface area contributed by atoms with Crippen molar-refractivity contribution in [3.63, 3.8) is 0 Å². The number of amides is 1. The Morgan fingerprint density at radius 1 is 1.00 bits per heavy atom. The van der Waals surface area contributed by atoms with Gasteiger partial charge in [0.15, 0.2) is 0 Å². The molecule has 106 valence electrons. The average Bonchev–Trinajstić information content (AvgIpc) is 2.70. The summed E-state index contributed by atoms with van der Waals surface area (Å²) in [5, 5.41) is 0. The molecule has 2 bridgehead atoms. The molecule has 21 heavy (non-hydrogen) atoms. The Hall–Kier alpha value is -2.09. The molecule has 5 rings (SSSR count). The van der Waals surface area contributed by atoms with Crippen molar-refractivity contribution in [3.8, 4) is 0 Å². The van der Waals surface area contributed by atoms with Crippen molar-refractivity contribution in [2.24, 2.45) is 0 Å². The zero-order valence-electron chi connectivity index (χ0n) is 12.4. The molecule has 0 saturated heterocycles. The van der Waals surface area contributed by atoms with Crippen LogP contribution in [0, 0.1) is 0 Å². The highest BCUT2D eigenvalue weighted by Gasteiger charge is 2.43. The number of hydrogen-bond donors (Lipinski definition) is 0. The molecule has 2 aromatic rings. The van der Waals surface area contributed by atoms with Crippen LogP contribution >= 0.6 is 0 Å². The third-order valence-corrected chi connectivity index (χ3v) is 5.11. The van der Waals surface area contributed by atoms with Crippen LogP contribution < -0.4 is 0 Å². The molecule has 0 saturated carbocycles. The molecule has 2 aliphatic heterocycles. The van der Waals surface area contributed by atoms with E-state index in [9.17, 15) is 4.79 Å². The fraction of sp³-hybridized carbons (Fsp3) is 0.316.